The van der Waals surface area contributed by atoms with E-state index in [0.29, 0.717) is 33.6 Å². The molecule has 0 saturated carbocycles. The number of ether oxygens (including phenoxy) is 1. The van der Waals surface area contributed by atoms with Gasteiger partial charge in [0.15, 0.2) is 46.1 Å². The lowest BCUT2D eigenvalue weighted by Crippen LogP contribution is -2.29. The van der Waals surface area contributed by atoms with Crippen molar-refractivity contribution >= 4 is 40.5 Å². The molecular weight excluding hydrogens is 807 g/mol. The van der Waals surface area contributed by atoms with Crippen LogP contribution in [0.4, 0.5) is 5.82 Å². The summed E-state index contributed by atoms with van der Waals surface area (Å²) < 4.78 is 4.83. The van der Waals surface area contributed by atoms with Crippen LogP contribution in [0.5, 0.6) is 0 Å². The number of nitrogens with zero attached hydrogens (tertiary/aromatic N) is 12. The van der Waals surface area contributed by atoms with Crippen LogP contribution in [0.2, 0.25) is 0 Å². The smallest absolute Gasteiger partial charge is 0.351 e. The van der Waals surface area contributed by atoms with Gasteiger partial charge in [0.05, 0.1) is 6.61 Å². The number of ketones is 3. The van der Waals surface area contributed by atoms with Crippen LogP contribution in [0.15, 0.2) is 72.8 Å². The summed E-state index contributed by atoms with van der Waals surface area (Å²) in [5, 5.41) is 66.5. The standard InChI is InChI=1S/C17H10N4O3.C14H4N4O2.C13H5N5O/c1-2-24-17(23)11(7-18)13-12(8-19)20-15-14(21-13)9-5-3-4-6-10(9)16(15)22;15-5-9-10(6-16)18-12-11(17-9)13(19)7-3-1-2-4-8(7)14(12)20;14-5-9-13(16-6-15)18-10-7-3-1-2-4-8(7)12(19)11(10)17-9/h3-6,22H,2H2,1H3;1-4H;1-4H,(H,16,18). The lowest BCUT2D eigenvalue weighted by Gasteiger charge is -2.15. The number of anilines is 1. The van der Waals surface area contributed by atoms with Crippen LogP contribution >= 0.6 is 0 Å². The van der Waals surface area contributed by atoms with Crippen molar-refractivity contribution in [2.75, 3.05) is 11.9 Å². The molecule has 0 atom stereocenters. The summed E-state index contributed by atoms with van der Waals surface area (Å²) in [5.41, 5.74) is 2.09. The highest BCUT2D eigenvalue weighted by Gasteiger charge is 2.34. The molecule has 0 saturated heterocycles. The monoisotopic (exact) mass is 825 g/mol. The van der Waals surface area contributed by atoms with Crippen molar-refractivity contribution in [2.45, 2.75) is 6.92 Å². The SMILES string of the molecule is CCOC(=O)C(C#N)=c1nc2c(nc1C#N)=C(O)c1ccccc1-2.N#CNc1nc2c(nc1C#N)C(=O)c1ccccc1-2.N#Cc1nc2c(nc1C#N)C(=O)c1ccccc1C2=O. The number of esters is 1. The molecule has 9 rings (SSSR count). The second kappa shape index (κ2) is 16.9. The zero-order valence-electron chi connectivity index (χ0n) is 32.0. The quantitative estimate of drug-likeness (QED) is 0.147. The van der Waals surface area contributed by atoms with Gasteiger partial charge in [0.25, 0.3) is 0 Å². The lowest BCUT2D eigenvalue weighted by molar-refractivity contribution is -0.136. The molecule has 0 unspecified atom stereocenters. The highest BCUT2D eigenvalue weighted by atomic mass is 16.5. The number of aliphatic hydroxyl groups is 1. The van der Waals surface area contributed by atoms with Crippen molar-refractivity contribution in [3.05, 3.63) is 146 Å². The Labute approximate surface area is 353 Å². The van der Waals surface area contributed by atoms with Crippen LogP contribution in [-0.2, 0) is 9.53 Å². The van der Waals surface area contributed by atoms with Crippen molar-refractivity contribution in [1.29, 1.82) is 31.6 Å². The summed E-state index contributed by atoms with van der Waals surface area (Å²) in [4.78, 5) is 72.8. The molecule has 296 valence electrons. The molecule has 3 heterocycles. The molecule has 19 heteroatoms. The third-order valence-electron chi connectivity index (χ3n) is 9.26. The molecule has 63 heavy (non-hydrogen) atoms. The van der Waals surface area contributed by atoms with Crippen LogP contribution in [0.25, 0.3) is 33.8 Å². The summed E-state index contributed by atoms with van der Waals surface area (Å²) >= 11 is 0. The average molecular weight is 826 g/mol. The van der Waals surface area contributed by atoms with Crippen LogP contribution in [-0.4, -0.2) is 64.9 Å². The Hall–Kier alpha value is -10.3. The van der Waals surface area contributed by atoms with Gasteiger partial charge in [-0.25, -0.2) is 34.7 Å². The number of carbonyl (C=O) groups excluding carboxylic acids is 4. The number of carbonyl (C=O) groups is 4. The first-order valence-electron chi connectivity index (χ1n) is 18.0. The van der Waals surface area contributed by atoms with Crippen molar-refractivity contribution < 1.29 is 29.0 Å². The fraction of sp³-hybridized carbons (Fsp3) is 0.0455. The van der Waals surface area contributed by atoms with E-state index in [1.807, 2.05) is 6.07 Å². The Morgan fingerprint density at radius 1 is 0.571 bits per heavy atom. The molecule has 0 amide bonds. The van der Waals surface area contributed by atoms with E-state index < -0.39 is 23.1 Å². The van der Waals surface area contributed by atoms with Gasteiger partial charge in [-0.15, -0.1) is 0 Å². The summed E-state index contributed by atoms with van der Waals surface area (Å²) in [6, 6.07) is 29.0. The number of hydrogen-bond donors (Lipinski definition) is 2. The number of fused-ring (bicyclic) bond motifs is 8. The van der Waals surface area contributed by atoms with Crippen molar-refractivity contribution in [3.8, 4) is 59.1 Å². The van der Waals surface area contributed by atoms with Crippen molar-refractivity contribution in [3.63, 3.8) is 0 Å². The van der Waals surface area contributed by atoms with E-state index in [0.717, 1.165) is 0 Å². The van der Waals surface area contributed by atoms with Gasteiger partial charge in [-0.2, -0.15) is 31.6 Å². The Bertz CT molecular complexity index is 3400. The minimum atomic E-state index is -0.870. The fourth-order valence-electron chi connectivity index (χ4n) is 6.52. The van der Waals surface area contributed by atoms with Gasteiger partial charge in [0, 0.05) is 33.4 Å². The summed E-state index contributed by atoms with van der Waals surface area (Å²) in [7, 11) is 0. The summed E-state index contributed by atoms with van der Waals surface area (Å²) in [6.45, 7) is 1.69. The second-order valence-corrected chi connectivity index (χ2v) is 12.7. The van der Waals surface area contributed by atoms with Gasteiger partial charge in [-0.3, -0.25) is 19.7 Å². The highest BCUT2D eigenvalue weighted by molar-refractivity contribution is 6.27. The minimum absolute atomic E-state index is 0.0632. The Morgan fingerprint density at radius 3 is 1.49 bits per heavy atom. The molecule has 6 aromatic rings. The van der Waals surface area contributed by atoms with Crippen LogP contribution < -0.4 is 16.0 Å². The maximum atomic E-state index is 12.3. The molecule has 0 spiro atoms. The first-order chi connectivity index (χ1) is 30.5. The fourth-order valence-corrected chi connectivity index (χ4v) is 6.52. The van der Waals surface area contributed by atoms with Gasteiger partial charge in [0.2, 0.25) is 17.3 Å². The number of hydrogen-bond acceptors (Lipinski definition) is 19. The third-order valence-corrected chi connectivity index (χ3v) is 9.26. The van der Waals surface area contributed by atoms with Crippen LogP contribution in [0.3, 0.4) is 0 Å². The predicted molar refractivity (Wildman–Crippen MR) is 212 cm³/mol. The van der Waals surface area contributed by atoms with Crippen molar-refractivity contribution in [1.82, 2.24) is 29.9 Å². The number of nitrogens with one attached hydrogen (secondary N) is 1. The van der Waals surface area contributed by atoms with E-state index in [9.17, 15) is 34.8 Å². The Balaban J connectivity index is 0.000000143. The maximum Gasteiger partial charge on any atom is 0.351 e. The topological polar surface area (TPSA) is 330 Å². The summed E-state index contributed by atoms with van der Waals surface area (Å²) in [6.07, 6.45) is 1.70. The van der Waals surface area contributed by atoms with Crippen LogP contribution in [0, 0.1) is 68.1 Å². The largest absolute Gasteiger partial charge is 0.505 e. The van der Waals surface area contributed by atoms with Gasteiger partial charge < -0.3 is 9.84 Å². The molecule has 19 nitrogen and oxygen atoms in total. The number of aliphatic hydroxyl groups excluding tert-OH is 1. The molecule has 3 aliphatic rings. The van der Waals surface area contributed by atoms with E-state index in [2.05, 4.69) is 35.2 Å². The maximum absolute atomic E-state index is 12.3. The zero-order chi connectivity index (χ0) is 44.9. The number of aromatic nitrogens is 6. The normalized spacial score (nSPS) is 12.0. The minimum Gasteiger partial charge on any atom is -0.505 e. The zero-order valence-corrected chi connectivity index (χ0v) is 32.0. The molecular formula is C44H19N13O6. The average Bonchev–Trinajstić information content (AvgIpc) is 3.76. The molecule has 3 aliphatic carbocycles. The van der Waals surface area contributed by atoms with Crippen LogP contribution in [0.1, 0.15) is 83.4 Å². The van der Waals surface area contributed by atoms with Crippen molar-refractivity contribution in [2.24, 2.45) is 0 Å². The van der Waals surface area contributed by atoms with E-state index in [1.54, 1.807) is 98.1 Å². The first kappa shape index (κ1) is 40.8. The molecule has 0 aliphatic heterocycles. The number of nitriles is 6. The molecule has 0 radical (unpaired) electrons. The molecule has 0 fully saturated rings. The van der Waals surface area contributed by atoms with Gasteiger partial charge in [0.1, 0.15) is 69.5 Å². The highest BCUT2D eigenvalue weighted by Crippen LogP contribution is 2.35. The second-order valence-electron chi connectivity index (χ2n) is 12.7. The van der Waals surface area contributed by atoms with Gasteiger partial charge >= 0.3 is 5.97 Å². The third kappa shape index (κ3) is 7.03. The molecule has 3 aromatic carbocycles. The Morgan fingerprint density at radius 2 is 1.02 bits per heavy atom. The van der Waals surface area contributed by atoms with E-state index in [-0.39, 0.29) is 85.6 Å². The van der Waals surface area contributed by atoms with Gasteiger partial charge in [-0.05, 0) is 6.92 Å². The molecule has 3 aromatic heterocycles. The molecule has 2 N–H and O–H groups in total. The predicted octanol–water partition coefficient (Wildman–Crippen LogP) is 2.73. The van der Waals surface area contributed by atoms with E-state index in [4.69, 9.17) is 25.8 Å². The van der Waals surface area contributed by atoms with E-state index >= 15 is 0 Å². The molecule has 0 bridgehead atoms. The van der Waals surface area contributed by atoms with Gasteiger partial charge in [-0.1, -0.05) is 72.8 Å². The first-order valence-corrected chi connectivity index (χ1v) is 18.0. The number of rotatable bonds is 3. The lowest BCUT2D eigenvalue weighted by atomic mass is 9.89. The Kier molecular flexibility index (Phi) is 10.9. The summed E-state index contributed by atoms with van der Waals surface area (Å²) in [5.74, 6) is -2.09. The number of benzene rings is 3. The van der Waals surface area contributed by atoms with E-state index in [1.165, 1.54) is 12.1 Å².